The molecule has 0 radical (unpaired) electrons. The number of nitrogens with zero attached hydrogens (tertiary/aromatic N) is 3. The van der Waals surface area contributed by atoms with Gasteiger partial charge in [0.2, 0.25) is 5.89 Å². The molecule has 1 aromatic heterocycles. The van der Waals surface area contributed by atoms with E-state index in [4.69, 9.17) is 10.3 Å². The second kappa shape index (κ2) is 5.60. The lowest BCUT2D eigenvalue weighted by atomic mass is 9.96. The highest BCUT2D eigenvalue weighted by Crippen LogP contribution is 2.23. The van der Waals surface area contributed by atoms with Crippen LogP contribution >= 0.6 is 0 Å². The molecule has 0 bridgehead atoms. The summed E-state index contributed by atoms with van der Waals surface area (Å²) in [5.41, 5.74) is 5.83. The molecule has 0 aliphatic carbocycles. The van der Waals surface area contributed by atoms with Crippen LogP contribution in [0.15, 0.2) is 4.52 Å². The van der Waals surface area contributed by atoms with Crippen LogP contribution in [0.1, 0.15) is 44.8 Å². The fraction of sp³-hybridized carbons (Fsp3) is 0.833. The number of nitrogens with two attached hydrogens (primary N) is 1. The van der Waals surface area contributed by atoms with Crippen molar-refractivity contribution < 1.29 is 4.52 Å². The summed E-state index contributed by atoms with van der Waals surface area (Å²) in [6, 6.07) is 1.02. The maximum Gasteiger partial charge on any atom is 0.226 e. The topological polar surface area (TPSA) is 68.2 Å². The Morgan fingerprint density at radius 1 is 1.47 bits per heavy atom. The molecule has 5 heteroatoms. The van der Waals surface area contributed by atoms with Gasteiger partial charge in [0.15, 0.2) is 5.82 Å². The first-order valence-electron chi connectivity index (χ1n) is 6.51. The van der Waals surface area contributed by atoms with Crippen LogP contribution in [-0.4, -0.2) is 33.7 Å². The SMILES string of the molecule is CCc1nc(CN2C(C)CCCC2CN)no1. The summed E-state index contributed by atoms with van der Waals surface area (Å²) in [6.07, 6.45) is 4.48. The molecule has 1 aliphatic rings. The van der Waals surface area contributed by atoms with Crippen LogP contribution in [-0.2, 0) is 13.0 Å². The number of hydrogen-bond donors (Lipinski definition) is 1. The zero-order chi connectivity index (χ0) is 12.3. The fourth-order valence-electron chi connectivity index (χ4n) is 2.54. The zero-order valence-electron chi connectivity index (χ0n) is 10.7. The summed E-state index contributed by atoms with van der Waals surface area (Å²) in [5.74, 6) is 1.50. The van der Waals surface area contributed by atoms with Gasteiger partial charge in [0.25, 0.3) is 0 Å². The first-order valence-corrected chi connectivity index (χ1v) is 6.51. The maximum absolute atomic E-state index is 5.83. The molecular weight excluding hydrogens is 216 g/mol. The highest BCUT2D eigenvalue weighted by Gasteiger charge is 2.27. The van der Waals surface area contributed by atoms with Crippen molar-refractivity contribution in [1.82, 2.24) is 15.0 Å². The minimum absolute atomic E-state index is 0.460. The minimum Gasteiger partial charge on any atom is -0.339 e. The Balaban J connectivity index is 2.03. The van der Waals surface area contributed by atoms with E-state index in [2.05, 4.69) is 22.0 Å². The summed E-state index contributed by atoms with van der Waals surface area (Å²) in [7, 11) is 0. The highest BCUT2D eigenvalue weighted by atomic mass is 16.5. The van der Waals surface area contributed by atoms with Crippen molar-refractivity contribution >= 4 is 0 Å². The van der Waals surface area contributed by atoms with E-state index in [1.807, 2.05) is 6.92 Å². The molecule has 2 unspecified atom stereocenters. The van der Waals surface area contributed by atoms with Gasteiger partial charge in [-0.2, -0.15) is 4.98 Å². The molecule has 1 fully saturated rings. The average molecular weight is 238 g/mol. The van der Waals surface area contributed by atoms with Gasteiger partial charge in [0, 0.05) is 25.0 Å². The lowest BCUT2D eigenvalue weighted by Gasteiger charge is -2.39. The molecule has 0 aromatic carbocycles. The number of likely N-dealkylation sites (tertiary alicyclic amines) is 1. The monoisotopic (exact) mass is 238 g/mol. The smallest absolute Gasteiger partial charge is 0.226 e. The van der Waals surface area contributed by atoms with Gasteiger partial charge >= 0.3 is 0 Å². The summed E-state index contributed by atoms with van der Waals surface area (Å²) in [4.78, 5) is 6.78. The molecule has 5 nitrogen and oxygen atoms in total. The molecule has 96 valence electrons. The van der Waals surface area contributed by atoms with Gasteiger partial charge in [-0.3, -0.25) is 4.90 Å². The first-order chi connectivity index (χ1) is 8.24. The molecule has 2 heterocycles. The second-order valence-corrected chi connectivity index (χ2v) is 4.80. The van der Waals surface area contributed by atoms with Crippen LogP contribution in [0.4, 0.5) is 0 Å². The lowest BCUT2D eigenvalue weighted by Crippen LogP contribution is -2.48. The second-order valence-electron chi connectivity index (χ2n) is 4.80. The quantitative estimate of drug-likeness (QED) is 0.857. The van der Waals surface area contributed by atoms with E-state index < -0.39 is 0 Å². The van der Waals surface area contributed by atoms with Crippen molar-refractivity contribution in [3.63, 3.8) is 0 Å². The first kappa shape index (κ1) is 12.5. The number of piperidine rings is 1. The van der Waals surface area contributed by atoms with Gasteiger partial charge < -0.3 is 10.3 Å². The van der Waals surface area contributed by atoms with Crippen LogP contribution in [0, 0.1) is 0 Å². The number of aryl methyl sites for hydroxylation is 1. The third-order valence-corrected chi connectivity index (χ3v) is 3.60. The Labute approximate surface area is 102 Å². The molecule has 17 heavy (non-hydrogen) atoms. The molecule has 0 amide bonds. The Morgan fingerprint density at radius 3 is 2.94 bits per heavy atom. The van der Waals surface area contributed by atoms with Gasteiger partial charge in [-0.1, -0.05) is 18.5 Å². The van der Waals surface area contributed by atoms with Crippen molar-refractivity contribution in [3.05, 3.63) is 11.7 Å². The van der Waals surface area contributed by atoms with E-state index in [1.165, 1.54) is 19.3 Å². The van der Waals surface area contributed by atoms with E-state index in [1.54, 1.807) is 0 Å². The van der Waals surface area contributed by atoms with Gasteiger partial charge in [-0.25, -0.2) is 0 Å². The van der Waals surface area contributed by atoms with Crippen molar-refractivity contribution in [1.29, 1.82) is 0 Å². The molecule has 2 N–H and O–H groups in total. The predicted octanol–water partition coefficient (Wildman–Crippen LogP) is 1.33. The number of hydrogen-bond acceptors (Lipinski definition) is 5. The molecule has 2 rings (SSSR count). The number of aromatic nitrogens is 2. The standard InChI is InChI=1S/C12H22N4O/c1-3-12-14-11(15-17-12)8-16-9(2)5-4-6-10(16)7-13/h9-10H,3-8,13H2,1-2H3. The Morgan fingerprint density at radius 2 is 2.29 bits per heavy atom. The van der Waals surface area contributed by atoms with E-state index in [9.17, 15) is 0 Å². The molecule has 1 aromatic rings. The van der Waals surface area contributed by atoms with E-state index >= 15 is 0 Å². The maximum atomic E-state index is 5.83. The Kier molecular flexibility index (Phi) is 4.12. The molecule has 0 saturated carbocycles. The summed E-state index contributed by atoms with van der Waals surface area (Å²) >= 11 is 0. The average Bonchev–Trinajstić information content (AvgIpc) is 2.79. The van der Waals surface area contributed by atoms with Crippen LogP contribution < -0.4 is 5.73 Å². The number of rotatable bonds is 4. The molecule has 1 aliphatic heterocycles. The fourth-order valence-corrected chi connectivity index (χ4v) is 2.54. The van der Waals surface area contributed by atoms with Crippen LogP contribution in [0.2, 0.25) is 0 Å². The van der Waals surface area contributed by atoms with Gasteiger partial charge in [0.05, 0.1) is 6.54 Å². The van der Waals surface area contributed by atoms with Gasteiger partial charge in [0.1, 0.15) is 0 Å². The highest BCUT2D eigenvalue weighted by molar-refractivity contribution is 4.91. The normalized spacial score (nSPS) is 26.3. The van der Waals surface area contributed by atoms with E-state index in [-0.39, 0.29) is 0 Å². The van der Waals surface area contributed by atoms with Gasteiger partial charge in [-0.15, -0.1) is 0 Å². The van der Waals surface area contributed by atoms with Crippen molar-refractivity contribution in [3.8, 4) is 0 Å². The van der Waals surface area contributed by atoms with Crippen molar-refractivity contribution in [2.24, 2.45) is 5.73 Å². The lowest BCUT2D eigenvalue weighted by molar-refractivity contribution is 0.0854. The molecular formula is C12H22N4O. The van der Waals surface area contributed by atoms with Crippen molar-refractivity contribution in [2.75, 3.05) is 6.54 Å². The Bertz CT molecular complexity index is 352. The van der Waals surface area contributed by atoms with Crippen molar-refractivity contribution in [2.45, 2.75) is 58.2 Å². The van der Waals surface area contributed by atoms with E-state index in [0.29, 0.717) is 24.5 Å². The third kappa shape index (κ3) is 2.84. The molecule has 1 saturated heterocycles. The summed E-state index contributed by atoms with van der Waals surface area (Å²) in [6.45, 7) is 5.74. The van der Waals surface area contributed by atoms with E-state index in [0.717, 1.165) is 18.8 Å². The largest absolute Gasteiger partial charge is 0.339 e. The molecule has 2 atom stereocenters. The van der Waals surface area contributed by atoms with Crippen LogP contribution in [0.25, 0.3) is 0 Å². The summed E-state index contributed by atoms with van der Waals surface area (Å²) in [5, 5.41) is 4.02. The van der Waals surface area contributed by atoms with Crippen LogP contribution in [0.3, 0.4) is 0 Å². The zero-order valence-corrected chi connectivity index (χ0v) is 10.7. The minimum atomic E-state index is 0.460. The molecule has 0 spiro atoms. The predicted molar refractivity (Wildman–Crippen MR) is 65.4 cm³/mol. The Hall–Kier alpha value is -0.940. The third-order valence-electron chi connectivity index (χ3n) is 3.60. The van der Waals surface area contributed by atoms with Gasteiger partial charge in [-0.05, 0) is 19.8 Å². The summed E-state index contributed by atoms with van der Waals surface area (Å²) < 4.78 is 5.14. The van der Waals surface area contributed by atoms with Crippen LogP contribution in [0.5, 0.6) is 0 Å².